The van der Waals surface area contributed by atoms with Crippen molar-refractivity contribution in [2.45, 2.75) is 26.3 Å². The van der Waals surface area contributed by atoms with Gasteiger partial charge in [0.1, 0.15) is 0 Å². The fourth-order valence-corrected chi connectivity index (χ4v) is 3.24. The molecule has 0 bridgehead atoms. The third kappa shape index (κ3) is 4.53. The van der Waals surface area contributed by atoms with Crippen molar-refractivity contribution in [3.8, 4) is 0 Å². The molecule has 2 atom stereocenters. The number of hydrogen-bond acceptors (Lipinski definition) is 3. The van der Waals surface area contributed by atoms with E-state index in [-0.39, 0.29) is 30.2 Å². The Morgan fingerprint density at radius 3 is 2.56 bits per heavy atom. The van der Waals surface area contributed by atoms with Crippen molar-refractivity contribution in [2.75, 3.05) is 16.8 Å². The van der Waals surface area contributed by atoms with Crippen LogP contribution in [0.5, 0.6) is 0 Å². The first kappa shape index (κ1) is 18.6. The lowest BCUT2D eigenvalue weighted by atomic mass is 10.1. The van der Waals surface area contributed by atoms with Crippen LogP contribution in [0.15, 0.2) is 54.6 Å². The van der Waals surface area contributed by atoms with Crippen molar-refractivity contribution in [1.82, 2.24) is 5.32 Å². The molecule has 1 aliphatic heterocycles. The number of anilines is 2. The van der Waals surface area contributed by atoms with E-state index >= 15 is 0 Å². The quantitative estimate of drug-likeness (QED) is 0.855. The third-order valence-electron chi connectivity index (χ3n) is 4.63. The topological polar surface area (TPSA) is 78.5 Å². The van der Waals surface area contributed by atoms with Gasteiger partial charge in [0.05, 0.1) is 12.0 Å². The van der Waals surface area contributed by atoms with Gasteiger partial charge >= 0.3 is 0 Å². The van der Waals surface area contributed by atoms with Crippen molar-refractivity contribution in [2.24, 2.45) is 5.92 Å². The van der Waals surface area contributed by atoms with Crippen LogP contribution in [-0.4, -0.2) is 24.3 Å². The van der Waals surface area contributed by atoms with E-state index in [4.69, 9.17) is 0 Å². The first-order valence-corrected chi connectivity index (χ1v) is 8.97. The summed E-state index contributed by atoms with van der Waals surface area (Å²) in [6, 6.07) is 16.7. The van der Waals surface area contributed by atoms with Crippen molar-refractivity contribution in [3.05, 3.63) is 60.2 Å². The van der Waals surface area contributed by atoms with Gasteiger partial charge in [0, 0.05) is 31.3 Å². The largest absolute Gasteiger partial charge is 0.349 e. The number of nitrogens with one attached hydrogen (secondary N) is 2. The molecule has 2 N–H and O–H groups in total. The summed E-state index contributed by atoms with van der Waals surface area (Å²) in [4.78, 5) is 37.9. The number of carbonyl (C=O) groups is 3. The molecular weight excluding hydrogens is 342 g/mol. The molecule has 0 spiro atoms. The van der Waals surface area contributed by atoms with Gasteiger partial charge in [-0.3, -0.25) is 14.4 Å². The zero-order valence-corrected chi connectivity index (χ0v) is 15.4. The SMILES string of the molecule is CC(=O)Nc1cccc(N2CC(C(=O)NC(C)c3ccccc3)CC2=O)c1. The van der Waals surface area contributed by atoms with Gasteiger partial charge in [-0.05, 0) is 30.7 Å². The molecule has 2 unspecified atom stereocenters. The standard InChI is InChI=1S/C21H23N3O3/c1-14(16-7-4-3-5-8-16)22-21(27)17-11-20(26)24(13-17)19-10-6-9-18(12-19)23-15(2)25/h3-10,12,14,17H,11,13H2,1-2H3,(H,22,27)(H,23,25). The molecule has 6 heteroatoms. The number of rotatable bonds is 5. The third-order valence-corrected chi connectivity index (χ3v) is 4.63. The summed E-state index contributed by atoms with van der Waals surface area (Å²) in [7, 11) is 0. The van der Waals surface area contributed by atoms with Gasteiger partial charge in [-0.1, -0.05) is 36.4 Å². The maximum atomic E-state index is 12.6. The maximum absolute atomic E-state index is 12.6. The minimum absolute atomic E-state index is 0.0949. The highest BCUT2D eigenvalue weighted by Crippen LogP contribution is 2.28. The normalized spacial score (nSPS) is 17.5. The monoisotopic (exact) mass is 365 g/mol. The number of benzene rings is 2. The van der Waals surface area contributed by atoms with Crippen LogP contribution < -0.4 is 15.5 Å². The molecule has 1 aliphatic rings. The van der Waals surface area contributed by atoms with Crippen molar-refractivity contribution >= 4 is 29.1 Å². The average molecular weight is 365 g/mol. The average Bonchev–Trinajstić information content (AvgIpc) is 3.04. The first-order valence-electron chi connectivity index (χ1n) is 8.97. The van der Waals surface area contributed by atoms with Gasteiger partial charge in [-0.25, -0.2) is 0 Å². The minimum atomic E-state index is -0.395. The van der Waals surface area contributed by atoms with E-state index in [1.165, 1.54) is 6.92 Å². The Labute approximate surface area is 158 Å². The zero-order chi connectivity index (χ0) is 19.4. The Hall–Kier alpha value is -3.15. The molecule has 3 rings (SSSR count). The molecule has 1 saturated heterocycles. The second kappa shape index (κ2) is 8.03. The van der Waals surface area contributed by atoms with E-state index in [9.17, 15) is 14.4 Å². The van der Waals surface area contributed by atoms with Crippen LogP contribution in [0.25, 0.3) is 0 Å². The summed E-state index contributed by atoms with van der Waals surface area (Å²) in [5, 5.41) is 5.70. The first-order chi connectivity index (χ1) is 12.9. The van der Waals surface area contributed by atoms with Crippen LogP contribution in [-0.2, 0) is 14.4 Å². The van der Waals surface area contributed by atoms with Gasteiger partial charge in [-0.2, -0.15) is 0 Å². The summed E-state index contributed by atoms with van der Waals surface area (Å²) < 4.78 is 0. The van der Waals surface area contributed by atoms with Gasteiger partial charge in [0.15, 0.2) is 0 Å². The Morgan fingerprint density at radius 2 is 1.85 bits per heavy atom. The summed E-state index contributed by atoms with van der Waals surface area (Å²) >= 11 is 0. The second-order valence-electron chi connectivity index (χ2n) is 6.78. The van der Waals surface area contributed by atoms with Crippen molar-refractivity contribution < 1.29 is 14.4 Å². The lowest BCUT2D eigenvalue weighted by molar-refractivity contribution is -0.126. The van der Waals surface area contributed by atoms with E-state index < -0.39 is 5.92 Å². The highest BCUT2D eigenvalue weighted by molar-refractivity contribution is 6.01. The zero-order valence-electron chi connectivity index (χ0n) is 15.4. The van der Waals surface area contributed by atoms with E-state index in [1.807, 2.05) is 37.3 Å². The van der Waals surface area contributed by atoms with Crippen LogP contribution in [0.4, 0.5) is 11.4 Å². The minimum Gasteiger partial charge on any atom is -0.349 e. The predicted molar refractivity (Wildman–Crippen MR) is 104 cm³/mol. The Balaban J connectivity index is 1.66. The second-order valence-corrected chi connectivity index (χ2v) is 6.78. The molecule has 0 radical (unpaired) electrons. The summed E-state index contributed by atoms with van der Waals surface area (Å²) in [5.41, 5.74) is 2.33. The summed E-state index contributed by atoms with van der Waals surface area (Å²) in [6.07, 6.45) is 0.178. The Morgan fingerprint density at radius 1 is 1.11 bits per heavy atom. The van der Waals surface area contributed by atoms with Crippen molar-refractivity contribution in [3.63, 3.8) is 0 Å². The molecule has 0 aliphatic carbocycles. The number of hydrogen-bond donors (Lipinski definition) is 2. The van der Waals surface area contributed by atoms with Crippen LogP contribution in [0, 0.1) is 5.92 Å². The molecule has 2 aromatic carbocycles. The lowest BCUT2D eigenvalue weighted by Gasteiger charge is -2.19. The van der Waals surface area contributed by atoms with Gasteiger partial charge in [-0.15, -0.1) is 0 Å². The van der Waals surface area contributed by atoms with E-state index in [2.05, 4.69) is 10.6 Å². The summed E-state index contributed by atoms with van der Waals surface area (Å²) in [5.74, 6) is -0.789. The number of amides is 3. The maximum Gasteiger partial charge on any atom is 0.227 e. The van der Waals surface area contributed by atoms with Crippen LogP contribution in [0.2, 0.25) is 0 Å². The molecule has 27 heavy (non-hydrogen) atoms. The van der Waals surface area contributed by atoms with E-state index in [0.29, 0.717) is 17.9 Å². The molecule has 0 saturated carbocycles. The number of carbonyl (C=O) groups excluding carboxylic acids is 3. The van der Waals surface area contributed by atoms with E-state index in [1.54, 1.807) is 29.2 Å². The molecule has 3 amide bonds. The highest BCUT2D eigenvalue weighted by atomic mass is 16.2. The van der Waals surface area contributed by atoms with Crippen LogP contribution in [0.1, 0.15) is 31.9 Å². The molecular formula is C21H23N3O3. The molecule has 140 valence electrons. The molecule has 1 heterocycles. The van der Waals surface area contributed by atoms with E-state index in [0.717, 1.165) is 5.56 Å². The molecule has 1 fully saturated rings. The van der Waals surface area contributed by atoms with Crippen molar-refractivity contribution in [1.29, 1.82) is 0 Å². The van der Waals surface area contributed by atoms with Gasteiger partial charge < -0.3 is 15.5 Å². The molecule has 2 aromatic rings. The lowest BCUT2D eigenvalue weighted by Crippen LogP contribution is -2.34. The predicted octanol–water partition coefficient (Wildman–Crippen LogP) is 2.88. The fraction of sp³-hybridized carbons (Fsp3) is 0.286. The molecule has 6 nitrogen and oxygen atoms in total. The Kier molecular flexibility index (Phi) is 5.54. The Bertz CT molecular complexity index is 851. The van der Waals surface area contributed by atoms with Gasteiger partial charge in [0.25, 0.3) is 0 Å². The highest BCUT2D eigenvalue weighted by Gasteiger charge is 2.35. The van der Waals surface area contributed by atoms with Gasteiger partial charge in [0.2, 0.25) is 17.7 Å². The number of nitrogens with zero attached hydrogens (tertiary/aromatic N) is 1. The summed E-state index contributed by atoms with van der Waals surface area (Å²) in [6.45, 7) is 3.69. The fourth-order valence-electron chi connectivity index (χ4n) is 3.24. The van der Waals surface area contributed by atoms with Crippen LogP contribution >= 0.6 is 0 Å². The molecule has 0 aromatic heterocycles. The van der Waals surface area contributed by atoms with Crippen LogP contribution in [0.3, 0.4) is 0 Å². The smallest absolute Gasteiger partial charge is 0.227 e.